The molecule has 1 rings (SSSR count). The molecule has 0 spiro atoms. The Hall–Kier alpha value is -0.0800. The minimum absolute atomic E-state index is 0.356. The normalized spacial score (nSPS) is 33.0. The Morgan fingerprint density at radius 3 is 2.73 bits per heavy atom. The van der Waals surface area contributed by atoms with Crippen molar-refractivity contribution in [3.8, 4) is 0 Å². The molecule has 0 aromatic rings. The monoisotopic (exact) mass is 157 g/mol. The molecular weight excluding hydrogens is 138 g/mol. The predicted molar refractivity (Wildman–Crippen MR) is 46.6 cm³/mol. The number of nitrogens with zero attached hydrogens (tertiary/aromatic N) is 1. The zero-order chi connectivity index (χ0) is 8.32. The molecule has 66 valence electrons. The average Bonchev–Trinajstić information content (AvgIpc) is 2.28. The Morgan fingerprint density at radius 2 is 2.27 bits per heavy atom. The number of likely N-dealkylation sites (N-methyl/N-ethyl adjacent to an activating group) is 1. The Morgan fingerprint density at radius 1 is 1.55 bits per heavy atom. The van der Waals surface area contributed by atoms with Crippen LogP contribution in [0.1, 0.15) is 32.6 Å². The molecule has 1 unspecified atom stereocenters. The average molecular weight is 157 g/mol. The molecule has 2 nitrogen and oxygen atoms in total. The van der Waals surface area contributed by atoms with E-state index in [0.717, 1.165) is 32.4 Å². The summed E-state index contributed by atoms with van der Waals surface area (Å²) in [5.41, 5.74) is -0.356. The Balaban J connectivity index is 2.29. The zero-order valence-electron chi connectivity index (χ0n) is 7.64. The van der Waals surface area contributed by atoms with Crippen molar-refractivity contribution in [1.29, 1.82) is 0 Å². The topological polar surface area (TPSA) is 23.5 Å². The Kier molecular flexibility index (Phi) is 2.90. The van der Waals surface area contributed by atoms with Crippen LogP contribution in [0.4, 0.5) is 0 Å². The smallest absolute Gasteiger partial charge is 0.0786 e. The van der Waals surface area contributed by atoms with Crippen molar-refractivity contribution in [2.45, 2.75) is 38.2 Å². The SMILES string of the molecule is CCCCC1(O)CCN(C)C1. The van der Waals surface area contributed by atoms with E-state index in [-0.39, 0.29) is 5.60 Å². The number of hydrogen-bond acceptors (Lipinski definition) is 2. The van der Waals surface area contributed by atoms with Crippen LogP contribution in [0.2, 0.25) is 0 Å². The lowest BCUT2D eigenvalue weighted by Gasteiger charge is -2.21. The molecule has 1 N–H and O–H groups in total. The van der Waals surface area contributed by atoms with E-state index in [0.29, 0.717) is 0 Å². The second-order valence-corrected chi connectivity index (χ2v) is 3.82. The lowest BCUT2D eigenvalue weighted by molar-refractivity contribution is 0.0410. The second kappa shape index (κ2) is 3.55. The molecule has 0 aliphatic carbocycles. The van der Waals surface area contributed by atoms with Crippen LogP contribution in [-0.2, 0) is 0 Å². The molecule has 1 aliphatic heterocycles. The van der Waals surface area contributed by atoms with Gasteiger partial charge in [-0.15, -0.1) is 0 Å². The first-order valence-electron chi connectivity index (χ1n) is 4.57. The molecule has 1 saturated heterocycles. The van der Waals surface area contributed by atoms with Crippen molar-refractivity contribution in [1.82, 2.24) is 4.90 Å². The van der Waals surface area contributed by atoms with E-state index in [1.54, 1.807) is 0 Å². The van der Waals surface area contributed by atoms with Crippen LogP contribution in [0, 0.1) is 0 Å². The molecule has 0 saturated carbocycles. The van der Waals surface area contributed by atoms with Gasteiger partial charge in [0.15, 0.2) is 0 Å². The number of likely N-dealkylation sites (tertiary alicyclic amines) is 1. The number of hydrogen-bond donors (Lipinski definition) is 1. The summed E-state index contributed by atoms with van der Waals surface area (Å²) in [6.45, 7) is 4.09. The summed E-state index contributed by atoms with van der Waals surface area (Å²) in [7, 11) is 2.07. The molecule has 2 heteroatoms. The molecule has 0 aromatic carbocycles. The highest BCUT2D eigenvalue weighted by atomic mass is 16.3. The maximum absolute atomic E-state index is 9.95. The molecule has 1 fully saturated rings. The highest BCUT2D eigenvalue weighted by Crippen LogP contribution is 2.25. The zero-order valence-corrected chi connectivity index (χ0v) is 7.64. The van der Waals surface area contributed by atoms with Crippen molar-refractivity contribution in [3.05, 3.63) is 0 Å². The van der Waals surface area contributed by atoms with E-state index in [4.69, 9.17) is 0 Å². The third kappa shape index (κ3) is 2.46. The van der Waals surface area contributed by atoms with Gasteiger partial charge < -0.3 is 10.0 Å². The Labute approximate surface area is 69.2 Å². The first-order valence-corrected chi connectivity index (χ1v) is 4.57. The van der Waals surface area contributed by atoms with Crippen molar-refractivity contribution in [3.63, 3.8) is 0 Å². The summed E-state index contributed by atoms with van der Waals surface area (Å²) in [4.78, 5) is 2.20. The van der Waals surface area contributed by atoms with Gasteiger partial charge in [-0.05, 0) is 19.9 Å². The fraction of sp³-hybridized carbons (Fsp3) is 1.00. The number of β-amino-alcohol motifs (C(OH)–C–C–N with tert-alkyl or cyclic N) is 1. The first kappa shape index (κ1) is 9.01. The fourth-order valence-electron chi connectivity index (χ4n) is 1.77. The van der Waals surface area contributed by atoms with Gasteiger partial charge in [-0.2, -0.15) is 0 Å². The summed E-state index contributed by atoms with van der Waals surface area (Å²) in [6, 6.07) is 0. The lowest BCUT2D eigenvalue weighted by Crippen LogP contribution is -2.31. The molecular formula is C9H19NO. The van der Waals surface area contributed by atoms with E-state index in [1.807, 2.05) is 0 Å². The molecule has 0 amide bonds. The van der Waals surface area contributed by atoms with Gasteiger partial charge in [-0.25, -0.2) is 0 Å². The molecule has 1 aliphatic rings. The van der Waals surface area contributed by atoms with Gasteiger partial charge in [0.05, 0.1) is 5.60 Å². The van der Waals surface area contributed by atoms with Crippen molar-refractivity contribution in [2.75, 3.05) is 20.1 Å². The summed E-state index contributed by atoms with van der Waals surface area (Å²) in [5.74, 6) is 0. The van der Waals surface area contributed by atoms with Gasteiger partial charge in [0.25, 0.3) is 0 Å². The predicted octanol–water partition coefficient (Wildman–Crippen LogP) is 1.24. The molecule has 1 atom stereocenters. The highest BCUT2D eigenvalue weighted by molar-refractivity contribution is 4.88. The lowest BCUT2D eigenvalue weighted by atomic mass is 9.96. The fourth-order valence-corrected chi connectivity index (χ4v) is 1.77. The van der Waals surface area contributed by atoms with Crippen LogP contribution in [0.3, 0.4) is 0 Å². The highest BCUT2D eigenvalue weighted by Gasteiger charge is 2.33. The molecule has 1 heterocycles. The summed E-state index contributed by atoms with van der Waals surface area (Å²) in [5, 5.41) is 9.95. The molecule has 0 radical (unpaired) electrons. The van der Waals surface area contributed by atoms with Crippen LogP contribution >= 0.6 is 0 Å². The van der Waals surface area contributed by atoms with E-state index in [2.05, 4.69) is 18.9 Å². The standard InChI is InChI=1S/C9H19NO/c1-3-4-5-9(11)6-7-10(2)8-9/h11H,3-8H2,1-2H3. The third-order valence-corrected chi connectivity index (χ3v) is 2.52. The molecule has 11 heavy (non-hydrogen) atoms. The van der Waals surface area contributed by atoms with Crippen LogP contribution in [0.5, 0.6) is 0 Å². The second-order valence-electron chi connectivity index (χ2n) is 3.82. The van der Waals surface area contributed by atoms with Gasteiger partial charge in [0, 0.05) is 13.1 Å². The van der Waals surface area contributed by atoms with Crippen LogP contribution in [0.15, 0.2) is 0 Å². The van der Waals surface area contributed by atoms with Gasteiger partial charge in [-0.3, -0.25) is 0 Å². The van der Waals surface area contributed by atoms with Crippen LogP contribution < -0.4 is 0 Å². The first-order chi connectivity index (χ1) is 5.16. The number of rotatable bonds is 3. The minimum Gasteiger partial charge on any atom is -0.389 e. The van der Waals surface area contributed by atoms with Gasteiger partial charge in [-0.1, -0.05) is 19.8 Å². The minimum atomic E-state index is -0.356. The number of unbranched alkanes of at least 4 members (excludes halogenated alkanes) is 1. The van der Waals surface area contributed by atoms with Crippen LogP contribution in [0.25, 0.3) is 0 Å². The van der Waals surface area contributed by atoms with E-state index < -0.39 is 0 Å². The largest absolute Gasteiger partial charge is 0.389 e. The molecule has 0 aromatic heterocycles. The van der Waals surface area contributed by atoms with Gasteiger partial charge >= 0.3 is 0 Å². The van der Waals surface area contributed by atoms with Crippen LogP contribution in [-0.4, -0.2) is 35.7 Å². The quantitative estimate of drug-likeness (QED) is 0.666. The summed E-state index contributed by atoms with van der Waals surface area (Å²) >= 11 is 0. The third-order valence-electron chi connectivity index (χ3n) is 2.52. The summed E-state index contributed by atoms with van der Waals surface area (Å²) < 4.78 is 0. The van der Waals surface area contributed by atoms with Crippen molar-refractivity contribution in [2.24, 2.45) is 0 Å². The maximum atomic E-state index is 9.95. The number of aliphatic hydroxyl groups is 1. The van der Waals surface area contributed by atoms with E-state index in [1.165, 1.54) is 6.42 Å². The Bertz CT molecular complexity index is 127. The van der Waals surface area contributed by atoms with Crippen molar-refractivity contribution >= 4 is 0 Å². The molecule has 0 bridgehead atoms. The van der Waals surface area contributed by atoms with E-state index >= 15 is 0 Å². The summed E-state index contributed by atoms with van der Waals surface area (Å²) in [6.07, 6.45) is 4.29. The van der Waals surface area contributed by atoms with E-state index in [9.17, 15) is 5.11 Å². The van der Waals surface area contributed by atoms with Crippen molar-refractivity contribution < 1.29 is 5.11 Å². The maximum Gasteiger partial charge on any atom is 0.0786 e. The van der Waals surface area contributed by atoms with Gasteiger partial charge in [0.2, 0.25) is 0 Å². The van der Waals surface area contributed by atoms with Gasteiger partial charge in [0.1, 0.15) is 0 Å².